The van der Waals surface area contributed by atoms with Crippen molar-refractivity contribution in [3.8, 4) is 22.8 Å². The van der Waals surface area contributed by atoms with Gasteiger partial charge in [-0.2, -0.15) is 18.6 Å². The Kier molecular flexibility index (Phi) is 7.93. The number of ether oxygens (including phenoxy) is 2. The molecule has 0 saturated carbocycles. The Morgan fingerprint density at radius 3 is 2.39 bits per heavy atom. The topological polar surface area (TPSA) is 97.5 Å². The van der Waals surface area contributed by atoms with Gasteiger partial charge in [0.05, 0.1) is 36.8 Å². The van der Waals surface area contributed by atoms with Gasteiger partial charge in [-0.15, -0.1) is 0 Å². The summed E-state index contributed by atoms with van der Waals surface area (Å²) in [7, 11) is -4.59. The summed E-state index contributed by atoms with van der Waals surface area (Å²) in [4.78, 5) is 0. The number of benzene rings is 2. The molecule has 4 rings (SSSR count). The smallest absolute Gasteiger partial charge is 0.264 e. The lowest BCUT2D eigenvalue weighted by atomic mass is 10.1. The fourth-order valence-electron chi connectivity index (χ4n) is 3.62. The van der Waals surface area contributed by atoms with Gasteiger partial charge >= 0.3 is 0 Å². The number of nitrogens with zero attached hydrogens (tertiary/aromatic N) is 4. The lowest BCUT2D eigenvalue weighted by molar-refractivity contribution is 0.0798. The van der Waals surface area contributed by atoms with Crippen LogP contribution in [0.3, 0.4) is 0 Å². The van der Waals surface area contributed by atoms with E-state index in [9.17, 15) is 8.42 Å². The molecule has 0 unspecified atom stereocenters. The Bertz CT molecular complexity index is 1410. The van der Waals surface area contributed by atoms with Crippen LogP contribution in [0.15, 0.2) is 60.9 Å². The van der Waals surface area contributed by atoms with E-state index in [1.165, 1.54) is 0 Å². The number of aromatic nitrogens is 4. The third-order valence-electron chi connectivity index (χ3n) is 5.53. The molecule has 0 amide bonds. The molecular weight excluding hydrogens is 496 g/mol. The van der Waals surface area contributed by atoms with Gasteiger partial charge in [0.25, 0.3) is 10.1 Å². The average Bonchev–Trinajstić information content (AvgIpc) is 3.43. The second kappa shape index (κ2) is 11.0. The number of hydrogen-bond acceptors (Lipinski definition) is 7. The van der Waals surface area contributed by atoms with Crippen molar-refractivity contribution < 1.29 is 22.1 Å². The highest BCUT2D eigenvalue weighted by Gasteiger charge is 2.13. The number of fused-ring (bicyclic) bond motifs is 1. The highest BCUT2D eigenvalue weighted by Crippen LogP contribution is 2.28. The second-order valence-corrected chi connectivity index (χ2v) is 17.1. The molecule has 9 nitrogen and oxygen atoms in total. The monoisotopic (exact) mass is 528 g/mol. The Morgan fingerprint density at radius 2 is 1.67 bits per heavy atom. The van der Waals surface area contributed by atoms with E-state index in [1.54, 1.807) is 17.1 Å². The molecule has 2 heterocycles. The molecule has 0 radical (unpaired) electrons. The second-order valence-electron chi connectivity index (χ2n) is 9.80. The van der Waals surface area contributed by atoms with Crippen LogP contribution in [0, 0.1) is 0 Å². The first-order chi connectivity index (χ1) is 17.1. The molecule has 0 atom stereocenters. The molecule has 0 fully saturated rings. The van der Waals surface area contributed by atoms with Gasteiger partial charge in [-0.1, -0.05) is 19.6 Å². The van der Waals surface area contributed by atoms with Gasteiger partial charge in [0, 0.05) is 31.8 Å². The van der Waals surface area contributed by atoms with Crippen molar-refractivity contribution in [3.05, 3.63) is 60.9 Å². The summed E-state index contributed by atoms with van der Waals surface area (Å²) in [6.07, 6.45) is 4.53. The van der Waals surface area contributed by atoms with E-state index in [0.717, 1.165) is 41.1 Å². The van der Waals surface area contributed by atoms with Crippen LogP contribution in [0.2, 0.25) is 25.7 Å². The summed E-state index contributed by atoms with van der Waals surface area (Å²) in [5.41, 5.74) is 2.89. The van der Waals surface area contributed by atoms with Crippen molar-refractivity contribution in [3.63, 3.8) is 0 Å². The van der Waals surface area contributed by atoms with Gasteiger partial charge in [0.2, 0.25) is 0 Å². The summed E-state index contributed by atoms with van der Waals surface area (Å²) < 4.78 is 42.6. The van der Waals surface area contributed by atoms with Crippen LogP contribution in [0.1, 0.15) is 0 Å². The first-order valence-electron chi connectivity index (χ1n) is 11.8. The van der Waals surface area contributed by atoms with Gasteiger partial charge in [0.15, 0.2) is 0 Å². The van der Waals surface area contributed by atoms with E-state index in [2.05, 4.69) is 29.8 Å². The first-order valence-corrected chi connectivity index (χ1v) is 17.3. The van der Waals surface area contributed by atoms with Crippen molar-refractivity contribution in [1.29, 1.82) is 0 Å². The first kappa shape index (κ1) is 26.1. The summed E-state index contributed by atoms with van der Waals surface area (Å²) in [5, 5.41) is 9.61. The third kappa shape index (κ3) is 7.26. The van der Waals surface area contributed by atoms with Crippen LogP contribution in [-0.2, 0) is 32.3 Å². The zero-order valence-corrected chi connectivity index (χ0v) is 22.9. The molecule has 0 aliphatic heterocycles. The number of rotatable bonds is 12. The molecule has 0 aliphatic carbocycles. The normalized spacial score (nSPS) is 12.3. The average molecular weight is 529 g/mol. The molecule has 0 N–H and O–H groups in total. The molecule has 36 heavy (non-hydrogen) atoms. The lowest BCUT2D eigenvalue weighted by Gasteiger charge is -2.16. The highest BCUT2D eigenvalue weighted by atomic mass is 32.2. The molecule has 2 aromatic heterocycles. The molecule has 2 aromatic carbocycles. The molecular formula is C25H32N4O5SSi. The fraction of sp³-hybridized carbons (Fsp3) is 0.360. The van der Waals surface area contributed by atoms with Crippen LogP contribution < -0.4 is 4.74 Å². The van der Waals surface area contributed by atoms with Crippen LogP contribution in [-0.4, -0.2) is 55.5 Å². The van der Waals surface area contributed by atoms with Gasteiger partial charge in [-0.3, -0.25) is 8.86 Å². The van der Waals surface area contributed by atoms with Gasteiger partial charge in [-0.05, 0) is 54.6 Å². The van der Waals surface area contributed by atoms with E-state index < -0.39 is 18.2 Å². The van der Waals surface area contributed by atoms with E-state index in [-0.39, 0.29) is 6.61 Å². The van der Waals surface area contributed by atoms with Crippen LogP contribution in [0.5, 0.6) is 11.5 Å². The van der Waals surface area contributed by atoms with Crippen molar-refractivity contribution >= 4 is 29.1 Å². The predicted octanol–water partition coefficient (Wildman–Crippen LogP) is 4.98. The minimum absolute atomic E-state index is 0.0315. The summed E-state index contributed by atoms with van der Waals surface area (Å²) in [5.74, 6) is 1.40. The minimum atomic E-state index is -3.47. The Labute approximate surface area is 212 Å². The lowest BCUT2D eigenvalue weighted by Crippen LogP contribution is -2.22. The minimum Gasteiger partial charge on any atom is -0.457 e. The maximum absolute atomic E-state index is 11.2. The zero-order valence-electron chi connectivity index (χ0n) is 21.0. The van der Waals surface area contributed by atoms with Crippen LogP contribution >= 0.6 is 0 Å². The van der Waals surface area contributed by atoms with E-state index in [1.807, 2.05) is 53.2 Å². The van der Waals surface area contributed by atoms with Gasteiger partial charge in [-0.25, -0.2) is 4.68 Å². The standard InChI is InChI=1S/C25H32N4O5SSi/c1-35(30,31)33-14-13-28-24-10-9-23(17-21(24)18-27-28)34-22-7-5-20(6-8-22)25-11-12-26-29(25)19-32-15-16-36(2,3)4/h5-12,17-18H,13-16,19H2,1-4H3. The maximum Gasteiger partial charge on any atom is 0.264 e. The van der Waals surface area contributed by atoms with Crippen molar-refractivity contribution in [2.24, 2.45) is 0 Å². The predicted molar refractivity (Wildman–Crippen MR) is 142 cm³/mol. The van der Waals surface area contributed by atoms with Crippen LogP contribution in [0.25, 0.3) is 22.2 Å². The summed E-state index contributed by atoms with van der Waals surface area (Å²) >= 11 is 0. The van der Waals surface area contributed by atoms with Gasteiger partial charge < -0.3 is 9.47 Å². The molecule has 192 valence electrons. The number of hydrogen-bond donors (Lipinski definition) is 0. The Hall–Kier alpha value is -2.99. The van der Waals surface area contributed by atoms with Crippen LogP contribution in [0.4, 0.5) is 0 Å². The molecule has 0 bridgehead atoms. The zero-order chi connectivity index (χ0) is 25.8. The molecule has 0 saturated heterocycles. The summed E-state index contributed by atoms with van der Waals surface area (Å²) in [6, 6.07) is 16.6. The fourth-order valence-corrected chi connectivity index (χ4v) is 4.76. The SMILES string of the molecule is C[Si](C)(C)CCOCn1nccc1-c1ccc(Oc2ccc3c(cnn3CCOS(C)(=O)=O)c2)cc1. The quantitative estimate of drug-likeness (QED) is 0.145. The highest BCUT2D eigenvalue weighted by molar-refractivity contribution is 7.85. The van der Waals surface area contributed by atoms with Crippen molar-refractivity contribution in [2.75, 3.05) is 19.5 Å². The van der Waals surface area contributed by atoms with Crippen molar-refractivity contribution in [1.82, 2.24) is 19.6 Å². The molecule has 0 aliphatic rings. The largest absolute Gasteiger partial charge is 0.457 e. The molecule has 4 aromatic rings. The molecule has 11 heteroatoms. The maximum atomic E-state index is 11.2. The van der Waals surface area contributed by atoms with Gasteiger partial charge in [0.1, 0.15) is 18.2 Å². The molecule has 0 spiro atoms. The van der Waals surface area contributed by atoms with E-state index in [0.29, 0.717) is 24.8 Å². The van der Waals surface area contributed by atoms with E-state index >= 15 is 0 Å². The Balaban J connectivity index is 1.37. The van der Waals surface area contributed by atoms with Crippen molar-refractivity contribution in [2.45, 2.75) is 39.0 Å². The summed E-state index contributed by atoms with van der Waals surface area (Å²) in [6.45, 7) is 8.56. The Morgan fingerprint density at radius 1 is 0.917 bits per heavy atom. The third-order valence-corrected chi connectivity index (χ3v) is 7.83. The van der Waals surface area contributed by atoms with E-state index in [4.69, 9.17) is 13.7 Å².